The summed E-state index contributed by atoms with van der Waals surface area (Å²) >= 11 is 0. The zero-order valence-electron chi connectivity index (χ0n) is 4.76. The van der Waals surface area contributed by atoms with Gasteiger partial charge in [-0.25, -0.2) is 0 Å². The molecule has 0 unspecified atom stereocenters. The average molecular weight is 151 g/mol. The summed E-state index contributed by atoms with van der Waals surface area (Å²) in [5.74, 6) is 4.81. The Kier molecular flexibility index (Phi) is 1.31. The van der Waals surface area contributed by atoms with Crippen LogP contribution in [0.2, 0.25) is 0 Å². The summed E-state index contributed by atoms with van der Waals surface area (Å²) in [6.45, 7) is 0. The van der Waals surface area contributed by atoms with Crippen molar-refractivity contribution in [2.45, 2.75) is 6.18 Å². The molecule has 56 valence electrons. The first-order valence-electron chi connectivity index (χ1n) is 2.38. The molecule has 0 aliphatic carbocycles. The standard InChI is InChI=1S/C4H4F3N3/c5-4(6,7)3-1-2-9-10(3)8/h1-2H,8H2. The minimum absolute atomic E-state index is 0.292. The molecule has 0 aromatic carbocycles. The maximum Gasteiger partial charge on any atom is 0.435 e. The van der Waals surface area contributed by atoms with Crippen LogP contribution in [0.5, 0.6) is 0 Å². The van der Waals surface area contributed by atoms with Crippen molar-refractivity contribution in [3.63, 3.8) is 0 Å². The van der Waals surface area contributed by atoms with Crippen LogP contribution in [-0.2, 0) is 6.18 Å². The topological polar surface area (TPSA) is 43.8 Å². The van der Waals surface area contributed by atoms with Crippen LogP contribution >= 0.6 is 0 Å². The highest BCUT2D eigenvalue weighted by molar-refractivity contribution is 5.04. The summed E-state index contributed by atoms with van der Waals surface area (Å²) in [5, 5.41) is 3.16. The molecule has 0 bridgehead atoms. The minimum Gasteiger partial charge on any atom is -0.323 e. The summed E-state index contributed by atoms with van der Waals surface area (Å²) in [4.78, 5) is 0.292. The highest BCUT2D eigenvalue weighted by Gasteiger charge is 2.34. The van der Waals surface area contributed by atoms with E-state index >= 15 is 0 Å². The third-order valence-corrected chi connectivity index (χ3v) is 0.961. The van der Waals surface area contributed by atoms with Gasteiger partial charge in [0.1, 0.15) is 0 Å². The van der Waals surface area contributed by atoms with Gasteiger partial charge in [-0.2, -0.15) is 23.1 Å². The average Bonchev–Trinajstić information content (AvgIpc) is 2.11. The molecule has 1 heterocycles. The van der Waals surface area contributed by atoms with Crippen LogP contribution in [-0.4, -0.2) is 9.89 Å². The number of hydrogen-bond donors (Lipinski definition) is 1. The number of halogens is 3. The monoisotopic (exact) mass is 151 g/mol. The van der Waals surface area contributed by atoms with E-state index in [0.29, 0.717) is 4.79 Å². The molecule has 0 amide bonds. The molecule has 2 N–H and O–H groups in total. The van der Waals surface area contributed by atoms with Gasteiger partial charge in [-0.05, 0) is 6.07 Å². The van der Waals surface area contributed by atoms with E-state index in [4.69, 9.17) is 5.84 Å². The van der Waals surface area contributed by atoms with Crippen LogP contribution in [0.4, 0.5) is 13.2 Å². The van der Waals surface area contributed by atoms with Crippen molar-refractivity contribution in [1.82, 2.24) is 9.89 Å². The molecule has 1 aromatic rings. The molecule has 1 aromatic heterocycles. The highest BCUT2D eigenvalue weighted by atomic mass is 19.4. The quantitative estimate of drug-likeness (QED) is 0.552. The summed E-state index contributed by atoms with van der Waals surface area (Å²) in [6.07, 6.45) is -3.42. The number of nitrogens with two attached hydrogens (primary N) is 1. The summed E-state index contributed by atoms with van der Waals surface area (Å²) in [5.41, 5.74) is -0.951. The number of nitrogen functional groups attached to an aromatic ring is 1. The zero-order chi connectivity index (χ0) is 7.78. The van der Waals surface area contributed by atoms with Gasteiger partial charge in [0.05, 0.1) is 6.20 Å². The maximum atomic E-state index is 11.7. The number of nitrogens with zero attached hydrogens (tertiary/aromatic N) is 2. The van der Waals surface area contributed by atoms with Crippen molar-refractivity contribution in [2.75, 3.05) is 5.84 Å². The molecule has 0 fully saturated rings. The van der Waals surface area contributed by atoms with Gasteiger partial charge in [0.25, 0.3) is 0 Å². The number of alkyl halides is 3. The lowest BCUT2D eigenvalue weighted by Gasteiger charge is -2.04. The molecular formula is C4H4F3N3. The fourth-order valence-corrected chi connectivity index (χ4v) is 0.539. The Labute approximate surface area is 54.2 Å². The molecule has 0 aliphatic rings. The second-order valence-corrected chi connectivity index (χ2v) is 1.66. The Morgan fingerprint density at radius 3 is 2.30 bits per heavy atom. The second-order valence-electron chi connectivity index (χ2n) is 1.66. The SMILES string of the molecule is Nn1nccc1C(F)(F)F. The Morgan fingerprint density at radius 2 is 2.10 bits per heavy atom. The van der Waals surface area contributed by atoms with Crippen LogP contribution < -0.4 is 5.84 Å². The molecule has 0 saturated carbocycles. The Hall–Kier alpha value is -1.20. The molecular weight excluding hydrogens is 147 g/mol. The van der Waals surface area contributed by atoms with E-state index in [9.17, 15) is 13.2 Å². The van der Waals surface area contributed by atoms with Gasteiger partial charge < -0.3 is 5.84 Å². The smallest absolute Gasteiger partial charge is 0.323 e. The maximum absolute atomic E-state index is 11.7. The van der Waals surface area contributed by atoms with Gasteiger partial charge in [-0.15, -0.1) is 0 Å². The highest BCUT2D eigenvalue weighted by Crippen LogP contribution is 2.27. The Bertz CT molecular complexity index is 226. The lowest BCUT2D eigenvalue weighted by Crippen LogP contribution is -2.20. The van der Waals surface area contributed by atoms with Crippen molar-refractivity contribution in [1.29, 1.82) is 0 Å². The number of aromatic nitrogens is 2. The van der Waals surface area contributed by atoms with E-state index in [2.05, 4.69) is 5.10 Å². The van der Waals surface area contributed by atoms with E-state index < -0.39 is 11.9 Å². The molecule has 0 saturated heterocycles. The van der Waals surface area contributed by atoms with Crippen LogP contribution in [0.25, 0.3) is 0 Å². The predicted octanol–water partition coefficient (Wildman–Crippen LogP) is 0.616. The van der Waals surface area contributed by atoms with Gasteiger partial charge >= 0.3 is 6.18 Å². The first kappa shape index (κ1) is 6.91. The largest absolute Gasteiger partial charge is 0.435 e. The van der Waals surface area contributed by atoms with Gasteiger partial charge in [0, 0.05) is 0 Å². The Balaban J connectivity index is 3.05. The molecule has 3 nitrogen and oxygen atoms in total. The zero-order valence-corrected chi connectivity index (χ0v) is 4.76. The van der Waals surface area contributed by atoms with E-state index in [1.807, 2.05) is 0 Å². The molecule has 6 heteroatoms. The molecule has 0 atom stereocenters. The third kappa shape index (κ3) is 1.04. The van der Waals surface area contributed by atoms with Gasteiger partial charge in [-0.3, -0.25) is 0 Å². The van der Waals surface area contributed by atoms with Crippen molar-refractivity contribution >= 4 is 0 Å². The van der Waals surface area contributed by atoms with Crippen LogP contribution in [0.3, 0.4) is 0 Å². The van der Waals surface area contributed by atoms with Crippen LogP contribution in [0.15, 0.2) is 12.3 Å². The van der Waals surface area contributed by atoms with Crippen molar-refractivity contribution in [3.8, 4) is 0 Å². The molecule has 1 rings (SSSR count). The fourth-order valence-electron chi connectivity index (χ4n) is 0.539. The fraction of sp³-hybridized carbons (Fsp3) is 0.250. The minimum atomic E-state index is -4.41. The van der Waals surface area contributed by atoms with E-state index in [0.717, 1.165) is 12.3 Å². The molecule has 0 aliphatic heterocycles. The van der Waals surface area contributed by atoms with E-state index in [1.165, 1.54) is 0 Å². The number of rotatable bonds is 0. The third-order valence-electron chi connectivity index (χ3n) is 0.961. The first-order chi connectivity index (χ1) is 4.52. The molecule has 10 heavy (non-hydrogen) atoms. The summed E-state index contributed by atoms with van der Waals surface area (Å²) < 4.78 is 35.2. The van der Waals surface area contributed by atoms with Gasteiger partial charge in [0.2, 0.25) is 0 Å². The van der Waals surface area contributed by atoms with E-state index in [1.54, 1.807) is 0 Å². The normalized spacial score (nSPS) is 11.9. The van der Waals surface area contributed by atoms with E-state index in [-0.39, 0.29) is 0 Å². The lowest BCUT2D eigenvalue weighted by atomic mass is 10.4. The summed E-state index contributed by atoms with van der Waals surface area (Å²) in [7, 11) is 0. The first-order valence-corrected chi connectivity index (χ1v) is 2.38. The van der Waals surface area contributed by atoms with Crippen LogP contribution in [0.1, 0.15) is 5.69 Å². The van der Waals surface area contributed by atoms with Gasteiger partial charge in [0.15, 0.2) is 5.69 Å². The van der Waals surface area contributed by atoms with Crippen molar-refractivity contribution in [2.24, 2.45) is 0 Å². The van der Waals surface area contributed by atoms with Crippen molar-refractivity contribution in [3.05, 3.63) is 18.0 Å². The molecule has 0 radical (unpaired) electrons. The molecule has 0 spiro atoms. The second kappa shape index (κ2) is 1.89. The predicted molar refractivity (Wildman–Crippen MR) is 27.4 cm³/mol. The lowest BCUT2D eigenvalue weighted by molar-refractivity contribution is -0.143. The number of hydrogen-bond acceptors (Lipinski definition) is 2. The van der Waals surface area contributed by atoms with Crippen molar-refractivity contribution < 1.29 is 13.2 Å². The van der Waals surface area contributed by atoms with Crippen LogP contribution in [0, 0.1) is 0 Å². The summed E-state index contributed by atoms with van der Waals surface area (Å²) in [6, 6.07) is 0.806. The Morgan fingerprint density at radius 1 is 1.50 bits per heavy atom. The van der Waals surface area contributed by atoms with Gasteiger partial charge in [-0.1, -0.05) is 0 Å².